The van der Waals surface area contributed by atoms with Gasteiger partial charge in [-0.1, -0.05) is 29.8 Å². The van der Waals surface area contributed by atoms with E-state index in [2.05, 4.69) is 10.2 Å². The van der Waals surface area contributed by atoms with Gasteiger partial charge in [0.25, 0.3) is 0 Å². The Bertz CT molecular complexity index is 891. The Morgan fingerprint density at radius 3 is 2.50 bits per heavy atom. The van der Waals surface area contributed by atoms with Crippen molar-refractivity contribution >= 4 is 35.2 Å². The summed E-state index contributed by atoms with van der Waals surface area (Å²) in [6.45, 7) is 3.18. The molecule has 0 saturated carbocycles. The molecule has 1 fully saturated rings. The molecule has 1 aliphatic heterocycles. The summed E-state index contributed by atoms with van der Waals surface area (Å²) in [5.41, 5.74) is 1.98. The number of nitrogens with zero attached hydrogens (tertiary/aromatic N) is 2. The first kappa shape index (κ1) is 21.7. The third-order valence-electron chi connectivity index (χ3n) is 4.99. The topological polar surface area (TPSA) is 61.9 Å². The Morgan fingerprint density at radius 1 is 1.10 bits per heavy atom. The number of ether oxygens (including phenoxy) is 1. The lowest BCUT2D eigenvalue weighted by atomic mass is 10.2. The second-order valence-corrected chi connectivity index (χ2v) is 7.43. The lowest BCUT2D eigenvalue weighted by Crippen LogP contribution is -2.49. The van der Waals surface area contributed by atoms with E-state index in [1.54, 1.807) is 13.2 Å². The minimum atomic E-state index is -0.218. The molecule has 2 amide bonds. The summed E-state index contributed by atoms with van der Waals surface area (Å²) in [4.78, 5) is 28.5. The van der Waals surface area contributed by atoms with Crippen LogP contribution >= 0.6 is 11.6 Å². The number of anilines is 1. The van der Waals surface area contributed by atoms with E-state index in [0.717, 1.165) is 30.1 Å². The quantitative estimate of drug-likeness (QED) is 0.689. The summed E-state index contributed by atoms with van der Waals surface area (Å²) < 4.78 is 5.11. The van der Waals surface area contributed by atoms with Gasteiger partial charge in [-0.05, 0) is 42.0 Å². The molecule has 0 radical (unpaired) electrons. The molecule has 0 aromatic heterocycles. The van der Waals surface area contributed by atoms with E-state index in [1.165, 1.54) is 6.08 Å². The smallest absolute Gasteiger partial charge is 0.244 e. The summed E-state index contributed by atoms with van der Waals surface area (Å²) in [6.07, 6.45) is 3.49. The maximum Gasteiger partial charge on any atom is 0.244 e. The number of piperazine rings is 1. The lowest BCUT2D eigenvalue weighted by Gasteiger charge is -2.36. The Morgan fingerprint density at radius 2 is 1.83 bits per heavy atom. The molecule has 6 nitrogen and oxygen atoms in total. The largest absolute Gasteiger partial charge is 0.497 e. The van der Waals surface area contributed by atoms with Gasteiger partial charge in [0.1, 0.15) is 5.75 Å². The molecule has 7 heteroatoms. The summed E-state index contributed by atoms with van der Waals surface area (Å²) in [5, 5.41) is 3.47. The highest BCUT2D eigenvalue weighted by Gasteiger charge is 2.21. The first-order valence-electron chi connectivity index (χ1n) is 9.93. The molecule has 0 aliphatic carbocycles. The van der Waals surface area contributed by atoms with Gasteiger partial charge in [-0.15, -0.1) is 0 Å². The van der Waals surface area contributed by atoms with Crippen molar-refractivity contribution < 1.29 is 14.3 Å². The number of carbonyl (C=O) groups excluding carboxylic acids is 2. The predicted octanol–water partition coefficient (Wildman–Crippen LogP) is 3.22. The van der Waals surface area contributed by atoms with Crippen LogP contribution in [0.3, 0.4) is 0 Å². The molecule has 1 aliphatic rings. The Hall–Kier alpha value is -2.99. The SMILES string of the molecule is COc1ccc(/C=C/C(=O)NCCC(=O)N2CCN(c3cccc(Cl)c3)CC2)cc1. The molecule has 30 heavy (non-hydrogen) atoms. The van der Waals surface area contributed by atoms with Gasteiger partial charge in [0.05, 0.1) is 7.11 Å². The first-order chi connectivity index (χ1) is 14.5. The monoisotopic (exact) mass is 427 g/mol. The van der Waals surface area contributed by atoms with Crippen molar-refractivity contribution in [1.82, 2.24) is 10.2 Å². The number of hydrogen-bond acceptors (Lipinski definition) is 4. The fraction of sp³-hybridized carbons (Fsp3) is 0.304. The number of carbonyl (C=O) groups is 2. The van der Waals surface area contributed by atoms with Gasteiger partial charge in [0.2, 0.25) is 11.8 Å². The maximum absolute atomic E-state index is 12.4. The molecule has 158 valence electrons. The first-order valence-corrected chi connectivity index (χ1v) is 10.3. The molecule has 0 spiro atoms. The van der Waals surface area contributed by atoms with Crippen LogP contribution in [0.1, 0.15) is 12.0 Å². The van der Waals surface area contributed by atoms with Crippen LogP contribution in [-0.4, -0.2) is 56.5 Å². The molecule has 0 atom stereocenters. The van der Waals surface area contributed by atoms with Crippen molar-refractivity contribution in [2.75, 3.05) is 44.7 Å². The molecular formula is C23H26ClN3O3. The second kappa shape index (κ2) is 10.7. The van der Waals surface area contributed by atoms with Crippen molar-refractivity contribution in [1.29, 1.82) is 0 Å². The zero-order chi connectivity index (χ0) is 21.3. The normalized spacial score (nSPS) is 14.1. The van der Waals surface area contributed by atoms with Crippen molar-refractivity contribution in [3.05, 3.63) is 65.2 Å². The molecule has 1 saturated heterocycles. The highest BCUT2D eigenvalue weighted by molar-refractivity contribution is 6.30. The fourth-order valence-corrected chi connectivity index (χ4v) is 3.47. The minimum Gasteiger partial charge on any atom is -0.497 e. The lowest BCUT2D eigenvalue weighted by molar-refractivity contribution is -0.131. The van der Waals surface area contributed by atoms with Gasteiger partial charge < -0.3 is 19.9 Å². The summed E-state index contributed by atoms with van der Waals surface area (Å²) in [6, 6.07) is 15.2. The summed E-state index contributed by atoms with van der Waals surface area (Å²) in [5.74, 6) is 0.605. The van der Waals surface area contributed by atoms with Gasteiger partial charge in [0, 0.05) is 55.9 Å². The summed E-state index contributed by atoms with van der Waals surface area (Å²) >= 11 is 6.06. The zero-order valence-corrected chi connectivity index (χ0v) is 17.8. The van der Waals surface area contributed by atoms with Crippen LogP contribution in [0.15, 0.2) is 54.6 Å². The third kappa shape index (κ3) is 6.26. The van der Waals surface area contributed by atoms with Crippen LogP contribution in [0.25, 0.3) is 6.08 Å². The van der Waals surface area contributed by atoms with Crippen molar-refractivity contribution in [3.63, 3.8) is 0 Å². The average molecular weight is 428 g/mol. The van der Waals surface area contributed by atoms with E-state index in [1.807, 2.05) is 53.4 Å². The highest BCUT2D eigenvalue weighted by atomic mass is 35.5. The third-order valence-corrected chi connectivity index (χ3v) is 5.22. The maximum atomic E-state index is 12.4. The van der Waals surface area contributed by atoms with Crippen LogP contribution in [-0.2, 0) is 9.59 Å². The number of nitrogens with one attached hydrogen (secondary N) is 1. The van der Waals surface area contributed by atoms with E-state index in [0.29, 0.717) is 31.1 Å². The van der Waals surface area contributed by atoms with Gasteiger partial charge in [-0.2, -0.15) is 0 Å². The highest BCUT2D eigenvalue weighted by Crippen LogP contribution is 2.21. The van der Waals surface area contributed by atoms with Gasteiger partial charge in [-0.25, -0.2) is 0 Å². The van der Waals surface area contributed by atoms with E-state index in [9.17, 15) is 9.59 Å². The van der Waals surface area contributed by atoms with Crippen molar-refractivity contribution in [3.8, 4) is 5.75 Å². The Labute approximate surface area is 182 Å². The molecule has 1 N–H and O–H groups in total. The van der Waals surface area contributed by atoms with Crippen LogP contribution in [0.4, 0.5) is 5.69 Å². The van der Waals surface area contributed by atoms with Crippen LogP contribution in [0, 0.1) is 0 Å². The number of benzene rings is 2. The average Bonchev–Trinajstić information content (AvgIpc) is 2.78. The fourth-order valence-electron chi connectivity index (χ4n) is 3.28. The van der Waals surface area contributed by atoms with Crippen molar-refractivity contribution in [2.45, 2.75) is 6.42 Å². The zero-order valence-electron chi connectivity index (χ0n) is 17.0. The molecule has 2 aromatic rings. The van der Waals surface area contributed by atoms with Gasteiger partial charge in [0.15, 0.2) is 0 Å². The van der Waals surface area contributed by atoms with Crippen LogP contribution in [0.2, 0.25) is 5.02 Å². The van der Waals surface area contributed by atoms with Crippen LogP contribution < -0.4 is 15.0 Å². The van der Waals surface area contributed by atoms with E-state index >= 15 is 0 Å². The molecule has 0 bridgehead atoms. The predicted molar refractivity (Wildman–Crippen MR) is 120 cm³/mol. The molecule has 1 heterocycles. The molecule has 2 aromatic carbocycles. The number of methoxy groups -OCH3 is 1. The molecule has 3 rings (SSSR count). The number of halogens is 1. The van der Waals surface area contributed by atoms with E-state index in [-0.39, 0.29) is 11.8 Å². The van der Waals surface area contributed by atoms with Crippen LogP contribution in [0.5, 0.6) is 5.75 Å². The van der Waals surface area contributed by atoms with E-state index < -0.39 is 0 Å². The number of rotatable bonds is 7. The minimum absolute atomic E-state index is 0.0557. The standard InChI is InChI=1S/C23H26ClN3O3/c1-30-21-8-5-18(6-9-21)7-10-22(28)25-12-11-23(29)27-15-13-26(14-16-27)20-4-2-3-19(24)17-20/h2-10,17H,11-16H2,1H3,(H,25,28)/b10-7+. The number of hydrogen-bond donors (Lipinski definition) is 1. The Kier molecular flexibility index (Phi) is 7.74. The summed E-state index contributed by atoms with van der Waals surface area (Å²) in [7, 11) is 1.61. The molecule has 0 unspecified atom stereocenters. The van der Waals surface area contributed by atoms with Crippen molar-refractivity contribution in [2.24, 2.45) is 0 Å². The van der Waals surface area contributed by atoms with E-state index in [4.69, 9.17) is 16.3 Å². The second-order valence-electron chi connectivity index (χ2n) is 7.00. The number of amides is 2. The molecular weight excluding hydrogens is 402 g/mol. The Balaban J connectivity index is 1.37. The van der Waals surface area contributed by atoms with Gasteiger partial charge >= 0.3 is 0 Å². The van der Waals surface area contributed by atoms with Gasteiger partial charge in [-0.3, -0.25) is 9.59 Å².